The molecule has 4 rings (SSSR count). The Labute approximate surface area is 186 Å². The van der Waals surface area contributed by atoms with Crippen LogP contribution in [0.2, 0.25) is 0 Å². The number of anilines is 1. The van der Waals surface area contributed by atoms with Crippen LogP contribution in [0.5, 0.6) is 0 Å². The number of nitrogens with one attached hydrogen (secondary N) is 2. The van der Waals surface area contributed by atoms with Gasteiger partial charge in [-0.1, -0.05) is 24.8 Å². The number of benzene rings is 2. The normalized spacial score (nSPS) is 13.9. The Balaban J connectivity index is 1.54. The molecule has 1 atom stereocenters. The van der Waals surface area contributed by atoms with Crippen LogP contribution in [0.15, 0.2) is 66.1 Å². The Hall–Kier alpha value is -3.87. The van der Waals surface area contributed by atoms with Crippen LogP contribution >= 0.6 is 0 Å². The van der Waals surface area contributed by atoms with Crippen molar-refractivity contribution in [2.24, 2.45) is 0 Å². The minimum atomic E-state index is -0.231. The van der Waals surface area contributed by atoms with Crippen molar-refractivity contribution in [3.63, 3.8) is 0 Å². The minimum Gasteiger partial charge on any atom is -0.346 e. The van der Waals surface area contributed by atoms with E-state index in [2.05, 4.69) is 16.9 Å². The topological polar surface area (TPSA) is 87.2 Å². The molecular formula is C25H26N4O3. The van der Waals surface area contributed by atoms with E-state index in [1.807, 2.05) is 44.2 Å². The number of aromatic amines is 1. The van der Waals surface area contributed by atoms with Crippen molar-refractivity contribution in [3.8, 4) is 5.69 Å². The summed E-state index contributed by atoms with van der Waals surface area (Å²) in [6.45, 7) is 7.98. The molecule has 0 radical (unpaired) electrons. The van der Waals surface area contributed by atoms with Gasteiger partial charge >= 0.3 is 5.69 Å². The van der Waals surface area contributed by atoms with E-state index >= 15 is 0 Å². The van der Waals surface area contributed by atoms with E-state index in [0.717, 1.165) is 41.0 Å². The molecule has 2 aromatic carbocycles. The maximum atomic E-state index is 13.1. The lowest BCUT2D eigenvalue weighted by atomic mass is 9.95. The van der Waals surface area contributed by atoms with Crippen LogP contribution in [0.1, 0.15) is 46.6 Å². The van der Waals surface area contributed by atoms with E-state index in [1.54, 1.807) is 27.8 Å². The van der Waals surface area contributed by atoms with Gasteiger partial charge in [0.05, 0.1) is 11.7 Å². The molecule has 2 heterocycles. The van der Waals surface area contributed by atoms with Crippen molar-refractivity contribution in [1.82, 2.24) is 14.9 Å². The van der Waals surface area contributed by atoms with Crippen molar-refractivity contribution in [2.45, 2.75) is 32.7 Å². The second-order valence-electron chi connectivity index (χ2n) is 7.96. The molecule has 0 saturated heterocycles. The number of amides is 2. The van der Waals surface area contributed by atoms with E-state index in [1.165, 1.54) is 6.08 Å². The number of hydrogen-bond acceptors (Lipinski definition) is 3. The molecule has 0 saturated carbocycles. The average molecular weight is 431 g/mol. The first kappa shape index (κ1) is 21.4. The molecule has 1 aliphatic heterocycles. The fourth-order valence-electron chi connectivity index (χ4n) is 4.22. The highest BCUT2D eigenvalue weighted by Crippen LogP contribution is 2.30. The van der Waals surface area contributed by atoms with Crippen molar-refractivity contribution in [3.05, 3.63) is 94.2 Å². The van der Waals surface area contributed by atoms with Crippen LogP contribution in [0.3, 0.4) is 0 Å². The first-order chi connectivity index (χ1) is 15.4. The third-order valence-corrected chi connectivity index (χ3v) is 5.90. The van der Waals surface area contributed by atoms with Crippen LogP contribution in [0.4, 0.5) is 5.69 Å². The molecule has 3 aromatic rings. The predicted molar refractivity (Wildman–Crippen MR) is 124 cm³/mol. The molecule has 1 aromatic heterocycles. The van der Waals surface area contributed by atoms with Gasteiger partial charge < -0.3 is 15.2 Å². The summed E-state index contributed by atoms with van der Waals surface area (Å²) in [7, 11) is 0. The highest BCUT2D eigenvalue weighted by Gasteiger charge is 2.25. The molecule has 0 bridgehead atoms. The Morgan fingerprint density at radius 2 is 1.94 bits per heavy atom. The molecule has 0 aliphatic carbocycles. The molecule has 7 nitrogen and oxygen atoms in total. The zero-order valence-corrected chi connectivity index (χ0v) is 18.2. The molecule has 2 N–H and O–H groups in total. The van der Waals surface area contributed by atoms with E-state index in [9.17, 15) is 14.4 Å². The van der Waals surface area contributed by atoms with Gasteiger partial charge in [-0.15, -0.1) is 0 Å². The van der Waals surface area contributed by atoms with Crippen LogP contribution < -0.4 is 15.9 Å². The van der Waals surface area contributed by atoms with Gasteiger partial charge in [0.25, 0.3) is 5.91 Å². The molecule has 0 spiro atoms. The third-order valence-electron chi connectivity index (χ3n) is 5.90. The van der Waals surface area contributed by atoms with Gasteiger partial charge in [0, 0.05) is 29.7 Å². The number of H-pyrrole nitrogens is 1. The minimum absolute atomic E-state index is 0.159. The number of nitrogens with zero attached hydrogens (tertiary/aromatic N) is 2. The Bertz CT molecular complexity index is 1240. The number of aryl methyl sites for hydroxylation is 1. The first-order valence-electron chi connectivity index (χ1n) is 10.6. The molecule has 0 fully saturated rings. The molecule has 7 heteroatoms. The lowest BCUT2D eigenvalue weighted by molar-refractivity contribution is -0.114. The van der Waals surface area contributed by atoms with Gasteiger partial charge in [-0.3, -0.25) is 14.2 Å². The summed E-state index contributed by atoms with van der Waals surface area (Å²) in [5.74, 6) is -0.335. The zero-order valence-electron chi connectivity index (χ0n) is 18.2. The van der Waals surface area contributed by atoms with Gasteiger partial charge in [0.15, 0.2) is 0 Å². The largest absolute Gasteiger partial charge is 0.346 e. The Morgan fingerprint density at radius 3 is 2.59 bits per heavy atom. The smallest absolute Gasteiger partial charge is 0.330 e. The zero-order chi connectivity index (χ0) is 22.8. The standard InChI is InChI=1S/C25H26N4O3/c1-4-23(30)28-14-6-8-20-21(7-5-9-22(20)28)24(31)27-17(3)18-10-12-19(13-11-18)29-16(2)15-26-25(29)32/h4-5,7,9-13,15,17H,1,6,8,14H2,2-3H3,(H,26,32)(H,27,31). The van der Waals surface area contributed by atoms with E-state index in [4.69, 9.17) is 0 Å². The Morgan fingerprint density at radius 1 is 1.19 bits per heavy atom. The molecule has 32 heavy (non-hydrogen) atoms. The molecule has 1 unspecified atom stereocenters. The first-order valence-corrected chi connectivity index (χ1v) is 10.6. The second-order valence-corrected chi connectivity index (χ2v) is 7.96. The summed E-state index contributed by atoms with van der Waals surface area (Å²) in [6, 6.07) is 12.8. The van der Waals surface area contributed by atoms with Gasteiger partial charge in [-0.25, -0.2) is 4.79 Å². The number of carbonyl (C=O) groups is 2. The quantitative estimate of drug-likeness (QED) is 0.608. The van der Waals surface area contributed by atoms with E-state index in [0.29, 0.717) is 12.1 Å². The maximum Gasteiger partial charge on any atom is 0.330 e. The number of aromatic nitrogens is 2. The highest BCUT2D eigenvalue weighted by atomic mass is 16.2. The van der Waals surface area contributed by atoms with Crippen LogP contribution in [0, 0.1) is 6.92 Å². The maximum absolute atomic E-state index is 13.1. The summed E-state index contributed by atoms with van der Waals surface area (Å²) >= 11 is 0. The monoisotopic (exact) mass is 430 g/mol. The van der Waals surface area contributed by atoms with Crippen LogP contribution in [0.25, 0.3) is 5.69 Å². The van der Waals surface area contributed by atoms with Crippen LogP contribution in [-0.4, -0.2) is 27.9 Å². The number of imidazole rings is 1. The SMILES string of the molecule is C=CC(=O)N1CCCc2c(C(=O)NC(C)c3ccc(-n4c(C)c[nH]c4=O)cc3)cccc21. The summed E-state index contributed by atoms with van der Waals surface area (Å²) in [5.41, 5.74) is 4.57. The van der Waals surface area contributed by atoms with Gasteiger partial charge in [-0.2, -0.15) is 0 Å². The molecular weight excluding hydrogens is 404 g/mol. The number of rotatable bonds is 5. The van der Waals surface area contributed by atoms with Crippen molar-refractivity contribution in [2.75, 3.05) is 11.4 Å². The van der Waals surface area contributed by atoms with Gasteiger partial charge in [-0.05, 0) is 68.2 Å². The molecule has 2 amide bonds. The van der Waals surface area contributed by atoms with Gasteiger partial charge in [0.2, 0.25) is 5.91 Å². The Kier molecular flexibility index (Phi) is 5.81. The molecule has 1 aliphatic rings. The average Bonchev–Trinajstić information content (AvgIpc) is 3.15. The van der Waals surface area contributed by atoms with Crippen molar-refractivity contribution in [1.29, 1.82) is 0 Å². The van der Waals surface area contributed by atoms with E-state index < -0.39 is 0 Å². The lowest BCUT2D eigenvalue weighted by Crippen LogP contribution is -2.35. The van der Waals surface area contributed by atoms with Crippen LogP contribution in [-0.2, 0) is 11.2 Å². The van der Waals surface area contributed by atoms with Crippen molar-refractivity contribution < 1.29 is 9.59 Å². The summed E-state index contributed by atoms with van der Waals surface area (Å²) in [4.78, 5) is 41.7. The summed E-state index contributed by atoms with van der Waals surface area (Å²) < 4.78 is 1.60. The number of fused-ring (bicyclic) bond motifs is 1. The van der Waals surface area contributed by atoms with Gasteiger partial charge in [0.1, 0.15) is 0 Å². The number of hydrogen-bond donors (Lipinski definition) is 2. The second kappa shape index (κ2) is 8.70. The number of carbonyl (C=O) groups excluding carboxylic acids is 2. The fraction of sp³-hybridized carbons (Fsp3) is 0.240. The lowest BCUT2D eigenvalue weighted by Gasteiger charge is -2.30. The highest BCUT2D eigenvalue weighted by molar-refractivity contribution is 6.04. The third kappa shape index (κ3) is 3.89. The van der Waals surface area contributed by atoms with Crippen molar-refractivity contribution >= 4 is 17.5 Å². The predicted octanol–water partition coefficient (Wildman–Crippen LogP) is 3.43. The molecule has 164 valence electrons. The van der Waals surface area contributed by atoms with E-state index in [-0.39, 0.29) is 23.5 Å². The summed E-state index contributed by atoms with van der Waals surface area (Å²) in [6.07, 6.45) is 4.51. The fourth-order valence-corrected chi connectivity index (χ4v) is 4.22. The summed E-state index contributed by atoms with van der Waals surface area (Å²) in [5, 5.41) is 3.06.